The molecule has 0 saturated carbocycles. The van der Waals surface area contributed by atoms with Crippen molar-refractivity contribution in [3.63, 3.8) is 0 Å². The third-order valence-electron chi connectivity index (χ3n) is 3.11. The number of halogens is 1. The fraction of sp³-hybridized carbons (Fsp3) is 0.312. The second kappa shape index (κ2) is 6.01. The molecule has 1 aromatic heterocycles. The van der Waals surface area contributed by atoms with Crippen LogP contribution in [0.15, 0.2) is 30.3 Å². The molecule has 4 heteroatoms. The molecule has 0 aliphatic rings. The first-order valence-electron chi connectivity index (χ1n) is 6.71. The van der Waals surface area contributed by atoms with Gasteiger partial charge < -0.3 is 10.5 Å². The van der Waals surface area contributed by atoms with Gasteiger partial charge in [0.2, 0.25) is 0 Å². The van der Waals surface area contributed by atoms with Crippen molar-refractivity contribution in [2.75, 3.05) is 0 Å². The lowest BCUT2D eigenvalue weighted by atomic mass is 10.1. The van der Waals surface area contributed by atoms with Crippen LogP contribution >= 0.6 is 0 Å². The minimum absolute atomic E-state index is 0.183. The number of benzene rings is 1. The van der Waals surface area contributed by atoms with E-state index in [1.54, 1.807) is 19.1 Å². The average molecular weight is 274 g/mol. The van der Waals surface area contributed by atoms with Gasteiger partial charge in [0.25, 0.3) is 0 Å². The van der Waals surface area contributed by atoms with Crippen molar-refractivity contribution in [3.8, 4) is 11.5 Å². The zero-order valence-electron chi connectivity index (χ0n) is 12.0. The molecular weight excluding hydrogens is 255 g/mol. The van der Waals surface area contributed by atoms with Crippen LogP contribution in [0.3, 0.4) is 0 Å². The van der Waals surface area contributed by atoms with E-state index >= 15 is 0 Å². The summed E-state index contributed by atoms with van der Waals surface area (Å²) < 4.78 is 19.8. The molecule has 2 N–H and O–H groups in total. The number of hydrogen-bond donors (Lipinski definition) is 1. The summed E-state index contributed by atoms with van der Waals surface area (Å²) in [7, 11) is 0. The van der Waals surface area contributed by atoms with Gasteiger partial charge in [0, 0.05) is 17.3 Å². The molecule has 0 saturated heterocycles. The highest BCUT2D eigenvalue weighted by Crippen LogP contribution is 2.32. The fourth-order valence-electron chi connectivity index (χ4n) is 2.05. The van der Waals surface area contributed by atoms with Crippen LogP contribution in [0.25, 0.3) is 0 Å². The van der Waals surface area contributed by atoms with Crippen LogP contribution in [0.2, 0.25) is 0 Å². The molecule has 0 radical (unpaired) electrons. The fourth-order valence-corrected chi connectivity index (χ4v) is 2.05. The first-order valence-corrected chi connectivity index (χ1v) is 6.71. The normalized spacial score (nSPS) is 12.2. The van der Waals surface area contributed by atoms with Gasteiger partial charge in [0.05, 0.1) is 5.69 Å². The number of aromatic nitrogens is 1. The van der Waals surface area contributed by atoms with Gasteiger partial charge in [-0.3, -0.25) is 4.98 Å². The molecule has 0 bridgehead atoms. The monoisotopic (exact) mass is 274 g/mol. The van der Waals surface area contributed by atoms with Gasteiger partial charge in [-0.15, -0.1) is 0 Å². The molecule has 0 unspecified atom stereocenters. The third kappa shape index (κ3) is 2.96. The van der Waals surface area contributed by atoms with Crippen LogP contribution in [0.4, 0.5) is 4.39 Å². The number of rotatable bonds is 4. The molecular formula is C16H19FN2O. The predicted molar refractivity (Wildman–Crippen MR) is 77.4 cm³/mol. The van der Waals surface area contributed by atoms with Gasteiger partial charge in [0.1, 0.15) is 5.75 Å². The lowest BCUT2D eigenvalue weighted by Gasteiger charge is -2.16. The zero-order valence-corrected chi connectivity index (χ0v) is 12.0. The minimum Gasteiger partial charge on any atom is -0.452 e. The number of pyridine rings is 1. The average Bonchev–Trinajstić information content (AvgIpc) is 2.42. The highest BCUT2D eigenvalue weighted by Gasteiger charge is 2.15. The Morgan fingerprint density at radius 3 is 2.70 bits per heavy atom. The molecule has 0 fully saturated rings. The lowest BCUT2D eigenvalue weighted by Crippen LogP contribution is -2.08. The minimum atomic E-state index is -0.414. The molecule has 1 atom stereocenters. The number of nitrogens with two attached hydrogens (primary N) is 1. The van der Waals surface area contributed by atoms with Crippen LogP contribution in [0, 0.1) is 12.7 Å². The standard InChI is InChI=1S/C16H19FN2O/c1-4-14-15(9-8-10(2)19-14)20-16-12(11(3)18)6-5-7-13(16)17/h5-9,11H,4,18H2,1-3H3/t11-/m1/s1. The van der Waals surface area contributed by atoms with Gasteiger partial charge in [-0.1, -0.05) is 19.1 Å². The Hall–Kier alpha value is -1.94. The maximum Gasteiger partial charge on any atom is 0.167 e. The molecule has 1 heterocycles. The van der Waals surface area contributed by atoms with E-state index in [0.717, 1.165) is 17.8 Å². The zero-order chi connectivity index (χ0) is 14.7. The second-order valence-corrected chi connectivity index (χ2v) is 4.80. The number of nitrogens with zero attached hydrogens (tertiary/aromatic N) is 1. The SMILES string of the molecule is CCc1nc(C)ccc1Oc1c(F)cccc1[C@@H](C)N. The van der Waals surface area contributed by atoms with Crippen molar-refractivity contribution < 1.29 is 9.13 Å². The summed E-state index contributed by atoms with van der Waals surface area (Å²) in [5.41, 5.74) is 8.24. The summed E-state index contributed by atoms with van der Waals surface area (Å²) in [4.78, 5) is 4.41. The van der Waals surface area contributed by atoms with E-state index in [0.29, 0.717) is 11.3 Å². The van der Waals surface area contributed by atoms with Crippen LogP contribution in [0.5, 0.6) is 11.5 Å². The molecule has 0 aliphatic heterocycles. The van der Waals surface area contributed by atoms with E-state index in [4.69, 9.17) is 10.5 Å². The summed E-state index contributed by atoms with van der Waals surface area (Å²) in [6, 6.07) is 8.14. The van der Waals surface area contributed by atoms with E-state index in [1.165, 1.54) is 6.07 Å². The van der Waals surface area contributed by atoms with Gasteiger partial charge >= 0.3 is 0 Å². The summed E-state index contributed by atoms with van der Waals surface area (Å²) in [6.07, 6.45) is 0.721. The van der Waals surface area contributed by atoms with Crippen molar-refractivity contribution >= 4 is 0 Å². The maximum atomic E-state index is 14.0. The molecule has 0 spiro atoms. The third-order valence-corrected chi connectivity index (χ3v) is 3.11. The van der Waals surface area contributed by atoms with Gasteiger partial charge in [0.15, 0.2) is 11.6 Å². The predicted octanol–water partition coefficient (Wildman–Crippen LogP) is 3.90. The largest absolute Gasteiger partial charge is 0.452 e. The van der Waals surface area contributed by atoms with Crippen molar-refractivity contribution in [2.45, 2.75) is 33.2 Å². The second-order valence-electron chi connectivity index (χ2n) is 4.80. The van der Waals surface area contributed by atoms with Crippen molar-refractivity contribution in [1.82, 2.24) is 4.98 Å². The molecule has 20 heavy (non-hydrogen) atoms. The summed E-state index contributed by atoms with van der Waals surface area (Å²) in [5, 5.41) is 0. The number of ether oxygens (including phenoxy) is 1. The first-order chi connectivity index (χ1) is 9.52. The van der Waals surface area contributed by atoms with Crippen LogP contribution < -0.4 is 10.5 Å². The van der Waals surface area contributed by atoms with E-state index in [1.807, 2.05) is 26.0 Å². The van der Waals surface area contributed by atoms with Crippen molar-refractivity contribution in [1.29, 1.82) is 0 Å². The topological polar surface area (TPSA) is 48.1 Å². The van der Waals surface area contributed by atoms with Crippen molar-refractivity contribution in [2.24, 2.45) is 5.73 Å². The summed E-state index contributed by atoms with van der Waals surface area (Å²) in [6.45, 7) is 5.71. The van der Waals surface area contributed by atoms with Crippen LogP contribution in [-0.4, -0.2) is 4.98 Å². The number of aryl methyl sites for hydroxylation is 2. The molecule has 106 valence electrons. The van der Waals surface area contributed by atoms with E-state index in [9.17, 15) is 4.39 Å². The van der Waals surface area contributed by atoms with E-state index < -0.39 is 5.82 Å². The van der Waals surface area contributed by atoms with E-state index in [2.05, 4.69) is 4.98 Å². The quantitative estimate of drug-likeness (QED) is 0.919. The molecule has 2 aromatic rings. The highest BCUT2D eigenvalue weighted by molar-refractivity contribution is 5.42. The van der Waals surface area contributed by atoms with Crippen LogP contribution in [-0.2, 0) is 6.42 Å². The summed E-state index contributed by atoms with van der Waals surface area (Å²) in [5.74, 6) is 0.343. The summed E-state index contributed by atoms with van der Waals surface area (Å²) >= 11 is 0. The number of para-hydroxylation sites is 1. The smallest absolute Gasteiger partial charge is 0.167 e. The Balaban J connectivity index is 2.45. The van der Waals surface area contributed by atoms with E-state index in [-0.39, 0.29) is 11.8 Å². The van der Waals surface area contributed by atoms with Gasteiger partial charge in [-0.25, -0.2) is 4.39 Å². The highest BCUT2D eigenvalue weighted by atomic mass is 19.1. The first kappa shape index (κ1) is 14.5. The van der Waals surface area contributed by atoms with Gasteiger partial charge in [-0.05, 0) is 38.5 Å². The van der Waals surface area contributed by atoms with Crippen molar-refractivity contribution in [3.05, 3.63) is 53.1 Å². The lowest BCUT2D eigenvalue weighted by molar-refractivity contribution is 0.426. The maximum absolute atomic E-state index is 14.0. The molecule has 0 aliphatic carbocycles. The molecule has 1 aromatic carbocycles. The Bertz CT molecular complexity index is 611. The van der Waals surface area contributed by atoms with Gasteiger partial charge in [-0.2, -0.15) is 0 Å². The molecule has 3 nitrogen and oxygen atoms in total. The molecule has 2 rings (SSSR count). The Morgan fingerprint density at radius 1 is 1.30 bits per heavy atom. The Kier molecular flexibility index (Phi) is 4.35. The van der Waals surface area contributed by atoms with Crippen LogP contribution in [0.1, 0.15) is 36.8 Å². The molecule has 0 amide bonds. The Labute approximate surface area is 118 Å². The Morgan fingerprint density at radius 2 is 2.05 bits per heavy atom. The number of hydrogen-bond acceptors (Lipinski definition) is 3.